The lowest BCUT2D eigenvalue weighted by atomic mass is 9.85. The summed E-state index contributed by atoms with van der Waals surface area (Å²) < 4.78 is 12.6. The van der Waals surface area contributed by atoms with Gasteiger partial charge in [0.2, 0.25) is 5.78 Å². The van der Waals surface area contributed by atoms with E-state index in [1.807, 2.05) is 30.3 Å². The molecule has 0 saturated heterocycles. The van der Waals surface area contributed by atoms with Crippen LogP contribution in [0, 0.1) is 0 Å². The Morgan fingerprint density at radius 1 is 0.875 bits per heavy atom. The largest absolute Gasteiger partial charge is 0.466 e. The molecular weight excluding hydrogens is 406 g/mol. The zero-order valence-electron chi connectivity index (χ0n) is 17.3. The van der Waals surface area contributed by atoms with Gasteiger partial charge in [-0.2, -0.15) is 0 Å². The molecule has 0 saturated carbocycles. The molecule has 2 heterocycles. The van der Waals surface area contributed by atoms with E-state index in [1.54, 1.807) is 47.9 Å². The molecule has 0 amide bonds. The lowest BCUT2D eigenvalue weighted by molar-refractivity contribution is -0.142. The molecule has 1 aliphatic carbocycles. The van der Waals surface area contributed by atoms with Crippen LogP contribution in [0.4, 0.5) is 0 Å². The van der Waals surface area contributed by atoms with Crippen molar-refractivity contribution in [1.82, 2.24) is 4.57 Å². The standard InChI is InChI=1S/C26H19NO5/c1-2-31-21(28)15-19-22(20-13-8-14-32-20)23-24(27(19)16-9-4-3-5-10-16)26(30)18-12-7-6-11-17(18)25(23)29/h3-14H,2,15H2,1H3. The fraction of sp³-hybridized carbons (Fsp3) is 0.115. The Labute approximate surface area is 184 Å². The van der Waals surface area contributed by atoms with E-state index in [4.69, 9.17) is 9.15 Å². The van der Waals surface area contributed by atoms with Crippen molar-refractivity contribution in [1.29, 1.82) is 0 Å². The molecule has 0 spiro atoms. The van der Waals surface area contributed by atoms with Crippen molar-refractivity contribution in [3.8, 4) is 17.0 Å². The SMILES string of the molecule is CCOC(=O)Cc1c(-c2ccco2)c2c(n1-c1ccccc1)C(=O)c1ccccc1C2=O. The van der Waals surface area contributed by atoms with Crippen molar-refractivity contribution in [2.45, 2.75) is 13.3 Å². The number of para-hydroxylation sites is 1. The number of fused-ring (bicyclic) bond motifs is 2. The fourth-order valence-corrected chi connectivity index (χ4v) is 4.26. The van der Waals surface area contributed by atoms with Gasteiger partial charge in [-0.05, 0) is 31.2 Å². The van der Waals surface area contributed by atoms with Gasteiger partial charge in [-0.25, -0.2) is 0 Å². The summed E-state index contributed by atoms with van der Waals surface area (Å²) in [6.07, 6.45) is 1.38. The first kappa shape index (κ1) is 19.8. The number of esters is 1. The van der Waals surface area contributed by atoms with Gasteiger partial charge in [-0.15, -0.1) is 0 Å². The van der Waals surface area contributed by atoms with Crippen molar-refractivity contribution >= 4 is 17.5 Å². The third-order valence-corrected chi connectivity index (χ3v) is 5.53. The molecule has 0 unspecified atom stereocenters. The molecule has 1 aliphatic rings. The molecule has 4 aromatic rings. The number of furan rings is 1. The number of aromatic nitrogens is 1. The quantitative estimate of drug-likeness (QED) is 0.384. The molecule has 158 valence electrons. The zero-order chi connectivity index (χ0) is 22.2. The molecule has 5 rings (SSSR count). The predicted molar refractivity (Wildman–Crippen MR) is 117 cm³/mol. The summed E-state index contributed by atoms with van der Waals surface area (Å²) in [4.78, 5) is 39.9. The lowest BCUT2D eigenvalue weighted by Gasteiger charge is -2.18. The highest BCUT2D eigenvalue weighted by atomic mass is 16.5. The third-order valence-electron chi connectivity index (χ3n) is 5.53. The molecule has 0 aliphatic heterocycles. The average molecular weight is 425 g/mol. The van der Waals surface area contributed by atoms with Crippen LogP contribution in [-0.4, -0.2) is 28.7 Å². The second-order valence-corrected chi connectivity index (χ2v) is 7.38. The van der Waals surface area contributed by atoms with Gasteiger partial charge in [-0.3, -0.25) is 14.4 Å². The molecule has 2 aromatic heterocycles. The number of ketones is 2. The minimum Gasteiger partial charge on any atom is -0.466 e. The smallest absolute Gasteiger partial charge is 0.311 e. The van der Waals surface area contributed by atoms with E-state index >= 15 is 0 Å². The molecular formula is C26H19NO5. The number of nitrogens with zero attached hydrogens (tertiary/aromatic N) is 1. The molecule has 6 heteroatoms. The molecule has 2 aromatic carbocycles. The van der Waals surface area contributed by atoms with Crippen LogP contribution in [0.1, 0.15) is 44.6 Å². The van der Waals surface area contributed by atoms with Gasteiger partial charge in [0.05, 0.1) is 30.4 Å². The van der Waals surface area contributed by atoms with Crippen LogP contribution in [0.2, 0.25) is 0 Å². The minimum absolute atomic E-state index is 0.122. The van der Waals surface area contributed by atoms with Crippen LogP contribution < -0.4 is 0 Å². The monoisotopic (exact) mass is 425 g/mol. The Kier molecular flexibility index (Phi) is 4.82. The normalized spacial score (nSPS) is 12.4. The van der Waals surface area contributed by atoms with Crippen LogP contribution in [-0.2, 0) is 16.0 Å². The first-order valence-electron chi connectivity index (χ1n) is 10.3. The highest BCUT2D eigenvalue weighted by Gasteiger charge is 2.39. The molecule has 6 nitrogen and oxygen atoms in total. The van der Waals surface area contributed by atoms with Crippen molar-refractivity contribution < 1.29 is 23.5 Å². The summed E-state index contributed by atoms with van der Waals surface area (Å²) in [6, 6.07) is 19.4. The summed E-state index contributed by atoms with van der Waals surface area (Å²) in [7, 11) is 0. The maximum atomic E-state index is 13.7. The molecule has 0 atom stereocenters. The molecule has 0 fully saturated rings. The number of benzene rings is 2. The van der Waals surface area contributed by atoms with Crippen molar-refractivity contribution in [2.75, 3.05) is 6.61 Å². The van der Waals surface area contributed by atoms with E-state index < -0.39 is 5.97 Å². The van der Waals surface area contributed by atoms with Crippen molar-refractivity contribution in [2.24, 2.45) is 0 Å². The second kappa shape index (κ2) is 7.81. The van der Waals surface area contributed by atoms with E-state index in [-0.39, 0.29) is 35.9 Å². The topological polar surface area (TPSA) is 78.5 Å². The number of carbonyl (C=O) groups excluding carboxylic acids is 3. The Morgan fingerprint density at radius 2 is 1.56 bits per heavy atom. The summed E-state index contributed by atoms with van der Waals surface area (Å²) in [5.41, 5.74) is 2.73. The first-order valence-corrected chi connectivity index (χ1v) is 10.3. The number of rotatable bonds is 5. The van der Waals surface area contributed by atoms with Crippen LogP contribution in [0.5, 0.6) is 0 Å². The highest BCUT2D eigenvalue weighted by Crippen LogP contribution is 2.41. The average Bonchev–Trinajstić information content (AvgIpc) is 3.44. The van der Waals surface area contributed by atoms with E-state index in [0.29, 0.717) is 33.8 Å². The predicted octanol–water partition coefficient (Wildman–Crippen LogP) is 4.62. The van der Waals surface area contributed by atoms with Crippen molar-refractivity contribution in [3.05, 3.63) is 101 Å². The van der Waals surface area contributed by atoms with Gasteiger partial charge in [0.15, 0.2) is 5.78 Å². The summed E-state index contributed by atoms with van der Waals surface area (Å²) in [5.74, 6) is -0.594. The van der Waals surface area contributed by atoms with Gasteiger partial charge in [0.1, 0.15) is 11.5 Å². The molecule has 0 bridgehead atoms. The van der Waals surface area contributed by atoms with Crippen LogP contribution in [0.15, 0.2) is 77.4 Å². The number of hydrogen-bond acceptors (Lipinski definition) is 5. The maximum absolute atomic E-state index is 13.7. The Bertz CT molecular complexity index is 1350. The van der Waals surface area contributed by atoms with Gasteiger partial charge in [0.25, 0.3) is 0 Å². The van der Waals surface area contributed by atoms with Crippen LogP contribution in [0.3, 0.4) is 0 Å². The summed E-state index contributed by atoms with van der Waals surface area (Å²) in [5, 5.41) is 0. The molecule has 0 radical (unpaired) electrons. The fourth-order valence-electron chi connectivity index (χ4n) is 4.26. The molecule has 0 N–H and O–H groups in total. The van der Waals surface area contributed by atoms with Crippen molar-refractivity contribution in [3.63, 3.8) is 0 Å². The van der Waals surface area contributed by atoms with Gasteiger partial charge >= 0.3 is 5.97 Å². The van der Waals surface area contributed by atoms with E-state index in [1.165, 1.54) is 6.26 Å². The van der Waals surface area contributed by atoms with E-state index in [0.717, 1.165) is 0 Å². The zero-order valence-corrected chi connectivity index (χ0v) is 17.3. The maximum Gasteiger partial charge on any atom is 0.311 e. The molecule has 32 heavy (non-hydrogen) atoms. The van der Waals surface area contributed by atoms with Gasteiger partial charge in [-0.1, -0.05) is 42.5 Å². The number of ether oxygens (including phenoxy) is 1. The second-order valence-electron chi connectivity index (χ2n) is 7.38. The Hall–Kier alpha value is -4.19. The number of carbonyl (C=O) groups is 3. The Morgan fingerprint density at radius 3 is 2.22 bits per heavy atom. The van der Waals surface area contributed by atoms with Gasteiger partial charge < -0.3 is 13.7 Å². The lowest BCUT2D eigenvalue weighted by Crippen LogP contribution is -2.23. The third kappa shape index (κ3) is 3.00. The van der Waals surface area contributed by atoms with Crippen LogP contribution >= 0.6 is 0 Å². The minimum atomic E-state index is -0.454. The highest BCUT2D eigenvalue weighted by molar-refractivity contribution is 6.30. The first-order chi connectivity index (χ1) is 15.6. The van der Waals surface area contributed by atoms with E-state index in [2.05, 4.69) is 0 Å². The summed E-state index contributed by atoms with van der Waals surface area (Å²) >= 11 is 0. The van der Waals surface area contributed by atoms with Crippen LogP contribution in [0.25, 0.3) is 17.0 Å². The van der Waals surface area contributed by atoms with E-state index in [9.17, 15) is 14.4 Å². The number of hydrogen-bond donors (Lipinski definition) is 0. The summed E-state index contributed by atoms with van der Waals surface area (Å²) in [6.45, 7) is 1.96. The Balaban J connectivity index is 1.88. The van der Waals surface area contributed by atoms with Gasteiger partial charge in [0, 0.05) is 22.5 Å².